The van der Waals surface area contributed by atoms with E-state index in [-0.39, 0.29) is 17.6 Å². The highest BCUT2D eigenvalue weighted by Gasteiger charge is 2.22. The first-order chi connectivity index (χ1) is 13.0. The Morgan fingerprint density at radius 3 is 2.48 bits per heavy atom. The van der Waals surface area contributed by atoms with Gasteiger partial charge in [0, 0.05) is 42.5 Å². The van der Waals surface area contributed by atoms with Gasteiger partial charge in [-0.25, -0.2) is 4.39 Å². The largest absolute Gasteiger partial charge is 0.356 e. The zero-order valence-corrected chi connectivity index (χ0v) is 16.2. The summed E-state index contributed by atoms with van der Waals surface area (Å²) in [7, 11) is 0. The van der Waals surface area contributed by atoms with Crippen LogP contribution in [0.1, 0.15) is 44.2 Å². The molecule has 4 heteroatoms. The number of nitrogens with zero attached hydrogens (tertiary/aromatic N) is 1. The lowest BCUT2D eigenvalue weighted by molar-refractivity contribution is -0.121. The van der Waals surface area contributed by atoms with Crippen molar-refractivity contribution in [3.05, 3.63) is 71.7 Å². The summed E-state index contributed by atoms with van der Waals surface area (Å²) in [5.74, 6) is 0.0415. The molecule has 3 nitrogen and oxygen atoms in total. The van der Waals surface area contributed by atoms with Gasteiger partial charge in [0.25, 0.3) is 0 Å². The second-order valence-electron chi connectivity index (χ2n) is 7.39. The van der Waals surface area contributed by atoms with Crippen molar-refractivity contribution >= 4 is 16.8 Å². The predicted octanol–water partition coefficient (Wildman–Crippen LogP) is 5.09. The molecule has 0 aliphatic rings. The molecular weight excluding hydrogens is 339 g/mol. The zero-order valence-electron chi connectivity index (χ0n) is 16.2. The van der Waals surface area contributed by atoms with Crippen molar-refractivity contribution in [2.45, 2.75) is 39.7 Å². The fourth-order valence-corrected chi connectivity index (χ4v) is 3.49. The van der Waals surface area contributed by atoms with Crippen LogP contribution in [0.4, 0.5) is 4.39 Å². The number of halogens is 1. The number of benzene rings is 2. The normalized spacial score (nSPS) is 12.5. The van der Waals surface area contributed by atoms with Crippen LogP contribution in [0.15, 0.2) is 54.7 Å². The Bertz CT molecular complexity index is 912. The number of hydrogen-bond acceptors (Lipinski definition) is 1. The lowest BCUT2D eigenvalue weighted by atomic mass is 9.88. The van der Waals surface area contributed by atoms with Gasteiger partial charge in [-0.15, -0.1) is 0 Å². The molecule has 2 aromatic carbocycles. The van der Waals surface area contributed by atoms with E-state index in [4.69, 9.17) is 0 Å². The van der Waals surface area contributed by atoms with E-state index >= 15 is 0 Å². The zero-order chi connectivity index (χ0) is 19.4. The molecule has 0 saturated carbocycles. The molecule has 1 aromatic heterocycles. The van der Waals surface area contributed by atoms with Crippen molar-refractivity contribution in [1.82, 2.24) is 9.88 Å². The maximum Gasteiger partial charge on any atom is 0.220 e. The molecule has 1 N–H and O–H groups in total. The van der Waals surface area contributed by atoms with Gasteiger partial charge in [-0.2, -0.15) is 0 Å². The summed E-state index contributed by atoms with van der Waals surface area (Å²) >= 11 is 0. The van der Waals surface area contributed by atoms with Crippen LogP contribution >= 0.6 is 0 Å². The molecule has 3 aromatic rings. The van der Waals surface area contributed by atoms with Crippen molar-refractivity contribution < 1.29 is 9.18 Å². The Hall–Kier alpha value is -2.62. The molecule has 0 bridgehead atoms. The molecule has 3 rings (SSSR count). The third-order valence-electron chi connectivity index (χ3n) is 4.90. The monoisotopic (exact) mass is 366 g/mol. The third-order valence-corrected chi connectivity index (χ3v) is 4.90. The second kappa shape index (κ2) is 8.38. The van der Waals surface area contributed by atoms with Gasteiger partial charge in [0.05, 0.1) is 0 Å². The van der Waals surface area contributed by atoms with E-state index in [1.165, 1.54) is 12.1 Å². The van der Waals surface area contributed by atoms with E-state index in [1.807, 2.05) is 12.1 Å². The number of hydrogen-bond donors (Lipinski definition) is 1. The number of rotatable bonds is 7. The first kappa shape index (κ1) is 19.2. The second-order valence-corrected chi connectivity index (χ2v) is 7.39. The van der Waals surface area contributed by atoms with Crippen molar-refractivity contribution in [3.63, 3.8) is 0 Å². The van der Waals surface area contributed by atoms with Crippen molar-refractivity contribution in [3.8, 4) is 0 Å². The van der Waals surface area contributed by atoms with Crippen LogP contribution in [0.3, 0.4) is 0 Å². The van der Waals surface area contributed by atoms with Crippen LogP contribution < -0.4 is 5.32 Å². The van der Waals surface area contributed by atoms with Gasteiger partial charge in [0.15, 0.2) is 0 Å². The number of aryl methyl sites for hydroxylation is 1. The minimum atomic E-state index is -0.266. The average molecular weight is 366 g/mol. The van der Waals surface area contributed by atoms with Crippen molar-refractivity contribution in [1.29, 1.82) is 0 Å². The Kier molecular flexibility index (Phi) is 5.94. The first-order valence-electron chi connectivity index (χ1n) is 9.59. The number of amides is 1. The molecular formula is C23H27FN2O. The molecule has 0 spiro atoms. The number of carbonyl (C=O) groups is 1. The van der Waals surface area contributed by atoms with Crippen molar-refractivity contribution in [2.75, 3.05) is 6.54 Å². The van der Waals surface area contributed by atoms with Gasteiger partial charge in [-0.3, -0.25) is 4.79 Å². The minimum Gasteiger partial charge on any atom is -0.356 e. The van der Waals surface area contributed by atoms with E-state index in [0.29, 0.717) is 18.9 Å². The highest BCUT2D eigenvalue weighted by Crippen LogP contribution is 2.34. The van der Waals surface area contributed by atoms with Gasteiger partial charge >= 0.3 is 0 Å². The lowest BCUT2D eigenvalue weighted by Crippen LogP contribution is -2.28. The van der Waals surface area contributed by atoms with Gasteiger partial charge < -0.3 is 9.88 Å². The van der Waals surface area contributed by atoms with Crippen LogP contribution in [-0.4, -0.2) is 17.0 Å². The van der Waals surface area contributed by atoms with Gasteiger partial charge in [-0.1, -0.05) is 44.2 Å². The maximum absolute atomic E-state index is 13.5. The molecule has 0 saturated heterocycles. The topological polar surface area (TPSA) is 34.0 Å². The van der Waals surface area contributed by atoms with Gasteiger partial charge in [0.1, 0.15) is 5.82 Å². The number of fused-ring (bicyclic) bond motifs is 1. The SMILES string of the molecule is CCn1cc([C@H](CC(=O)NCC(C)C)c2ccc(F)cc2)c2ccccc21. The minimum absolute atomic E-state index is 0.0198. The maximum atomic E-state index is 13.5. The molecule has 27 heavy (non-hydrogen) atoms. The van der Waals surface area contributed by atoms with E-state index in [0.717, 1.165) is 28.6 Å². The summed E-state index contributed by atoms with van der Waals surface area (Å²) < 4.78 is 15.7. The molecule has 0 unspecified atom stereocenters. The molecule has 0 fully saturated rings. The van der Waals surface area contributed by atoms with Crippen LogP contribution in [0.25, 0.3) is 10.9 Å². The summed E-state index contributed by atoms with van der Waals surface area (Å²) in [4.78, 5) is 12.6. The van der Waals surface area contributed by atoms with E-state index in [2.05, 4.69) is 49.0 Å². The molecule has 142 valence electrons. The Morgan fingerprint density at radius 1 is 1.11 bits per heavy atom. The molecule has 1 atom stereocenters. The quantitative estimate of drug-likeness (QED) is 0.620. The van der Waals surface area contributed by atoms with E-state index in [9.17, 15) is 9.18 Å². The fraction of sp³-hybridized carbons (Fsp3) is 0.348. The van der Waals surface area contributed by atoms with Gasteiger partial charge in [0.2, 0.25) is 5.91 Å². The summed E-state index contributed by atoms with van der Waals surface area (Å²) in [5, 5.41) is 4.16. The fourth-order valence-electron chi connectivity index (χ4n) is 3.49. The lowest BCUT2D eigenvalue weighted by Gasteiger charge is -2.18. The van der Waals surface area contributed by atoms with Gasteiger partial charge in [-0.05, 0) is 42.2 Å². The third kappa shape index (κ3) is 4.38. The average Bonchev–Trinajstić information content (AvgIpc) is 3.04. The Morgan fingerprint density at radius 2 is 1.81 bits per heavy atom. The van der Waals surface area contributed by atoms with Crippen LogP contribution in [0.5, 0.6) is 0 Å². The number of carbonyl (C=O) groups excluding carboxylic acids is 1. The smallest absolute Gasteiger partial charge is 0.220 e. The molecule has 1 heterocycles. The number of para-hydroxylation sites is 1. The molecule has 0 radical (unpaired) electrons. The summed E-state index contributed by atoms with van der Waals surface area (Å²) in [6.45, 7) is 7.78. The predicted molar refractivity (Wildman–Crippen MR) is 108 cm³/mol. The Balaban J connectivity index is 2.02. The van der Waals surface area contributed by atoms with E-state index < -0.39 is 0 Å². The highest BCUT2D eigenvalue weighted by molar-refractivity contribution is 5.86. The highest BCUT2D eigenvalue weighted by atomic mass is 19.1. The van der Waals surface area contributed by atoms with Crippen molar-refractivity contribution in [2.24, 2.45) is 5.92 Å². The van der Waals surface area contributed by atoms with E-state index in [1.54, 1.807) is 12.1 Å². The summed E-state index contributed by atoms with van der Waals surface area (Å²) in [5.41, 5.74) is 3.22. The molecule has 1 amide bonds. The number of nitrogens with one attached hydrogen (secondary N) is 1. The van der Waals surface area contributed by atoms with Crippen LogP contribution in [0.2, 0.25) is 0 Å². The summed E-state index contributed by atoms with van der Waals surface area (Å²) in [6.07, 6.45) is 2.48. The standard InChI is InChI=1S/C23H27FN2O/c1-4-26-15-21(19-7-5-6-8-22(19)26)20(13-23(27)25-14-16(2)3)17-9-11-18(24)12-10-17/h5-12,15-16,20H,4,13-14H2,1-3H3,(H,25,27)/t20-/m1/s1. The van der Waals surface area contributed by atoms with Crippen LogP contribution in [-0.2, 0) is 11.3 Å². The molecule has 0 aliphatic carbocycles. The molecule has 0 aliphatic heterocycles. The Labute approximate surface area is 160 Å². The van der Waals surface area contributed by atoms with Crippen LogP contribution in [0, 0.1) is 11.7 Å². The first-order valence-corrected chi connectivity index (χ1v) is 9.59. The number of aromatic nitrogens is 1. The summed E-state index contributed by atoms with van der Waals surface area (Å²) in [6, 6.07) is 14.7.